The van der Waals surface area contributed by atoms with Crippen LogP contribution >= 0.6 is 0 Å². The number of anilines is 1. The predicted octanol–water partition coefficient (Wildman–Crippen LogP) is 3.42. The SMILES string of the molecule is COc1cc(C(C)(C)C)ccc1N1CCC(=NO)CC1. The summed E-state index contributed by atoms with van der Waals surface area (Å²) in [5.74, 6) is 0.918. The van der Waals surface area contributed by atoms with E-state index in [4.69, 9.17) is 9.94 Å². The fourth-order valence-electron chi connectivity index (χ4n) is 2.51. The summed E-state index contributed by atoms with van der Waals surface area (Å²) in [6.45, 7) is 8.33. The second-order valence-electron chi connectivity index (χ2n) is 6.29. The summed E-state index contributed by atoms with van der Waals surface area (Å²) in [5, 5.41) is 12.1. The zero-order valence-corrected chi connectivity index (χ0v) is 12.8. The van der Waals surface area contributed by atoms with Crippen molar-refractivity contribution in [3.05, 3.63) is 23.8 Å². The maximum absolute atomic E-state index is 8.82. The van der Waals surface area contributed by atoms with Crippen LogP contribution in [0, 0.1) is 0 Å². The molecule has 0 saturated carbocycles. The number of methoxy groups -OCH3 is 1. The molecule has 0 spiro atoms. The average Bonchev–Trinajstić information content (AvgIpc) is 2.45. The van der Waals surface area contributed by atoms with Crippen molar-refractivity contribution in [1.82, 2.24) is 0 Å². The summed E-state index contributed by atoms with van der Waals surface area (Å²) in [6, 6.07) is 6.44. The van der Waals surface area contributed by atoms with Crippen LogP contribution in [-0.4, -0.2) is 31.1 Å². The summed E-state index contributed by atoms with van der Waals surface area (Å²) in [5.41, 5.74) is 3.39. The molecule has 1 aromatic carbocycles. The van der Waals surface area contributed by atoms with Crippen molar-refractivity contribution < 1.29 is 9.94 Å². The lowest BCUT2D eigenvalue weighted by molar-refractivity contribution is 0.315. The van der Waals surface area contributed by atoms with Gasteiger partial charge in [0, 0.05) is 25.9 Å². The van der Waals surface area contributed by atoms with Gasteiger partial charge in [0.15, 0.2) is 0 Å². The Kier molecular flexibility index (Phi) is 4.21. The highest BCUT2D eigenvalue weighted by Gasteiger charge is 2.21. The van der Waals surface area contributed by atoms with Crippen LogP contribution in [-0.2, 0) is 5.41 Å². The zero-order valence-electron chi connectivity index (χ0n) is 12.8. The van der Waals surface area contributed by atoms with Crippen LogP contribution in [0.1, 0.15) is 39.2 Å². The van der Waals surface area contributed by atoms with Gasteiger partial charge in [-0.05, 0) is 23.1 Å². The number of oxime groups is 1. The first-order chi connectivity index (χ1) is 9.45. The van der Waals surface area contributed by atoms with Gasteiger partial charge in [-0.2, -0.15) is 0 Å². The Morgan fingerprint density at radius 3 is 2.35 bits per heavy atom. The Bertz CT molecular complexity index is 494. The molecular formula is C16H24N2O2. The maximum Gasteiger partial charge on any atom is 0.142 e. The minimum Gasteiger partial charge on any atom is -0.495 e. The third-order valence-electron chi connectivity index (χ3n) is 3.87. The van der Waals surface area contributed by atoms with Crippen LogP contribution in [0.5, 0.6) is 5.75 Å². The summed E-state index contributed by atoms with van der Waals surface area (Å²) in [6.07, 6.45) is 1.61. The smallest absolute Gasteiger partial charge is 0.142 e. The number of rotatable bonds is 2. The third-order valence-corrected chi connectivity index (χ3v) is 3.87. The number of nitrogens with zero attached hydrogens (tertiary/aromatic N) is 2. The lowest BCUT2D eigenvalue weighted by atomic mass is 9.86. The molecule has 2 rings (SSSR count). The van der Waals surface area contributed by atoms with E-state index in [1.807, 2.05) is 0 Å². The highest BCUT2D eigenvalue weighted by molar-refractivity contribution is 5.86. The molecule has 20 heavy (non-hydrogen) atoms. The Morgan fingerprint density at radius 1 is 1.20 bits per heavy atom. The fourth-order valence-corrected chi connectivity index (χ4v) is 2.51. The van der Waals surface area contributed by atoms with Crippen molar-refractivity contribution in [2.24, 2.45) is 5.16 Å². The van der Waals surface area contributed by atoms with E-state index in [0.717, 1.165) is 43.1 Å². The van der Waals surface area contributed by atoms with Gasteiger partial charge in [-0.25, -0.2) is 0 Å². The number of ether oxygens (including phenoxy) is 1. The van der Waals surface area contributed by atoms with Gasteiger partial charge in [0.2, 0.25) is 0 Å². The van der Waals surface area contributed by atoms with Gasteiger partial charge in [0.1, 0.15) is 5.75 Å². The van der Waals surface area contributed by atoms with E-state index in [-0.39, 0.29) is 5.41 Å². The molecule has 1 N–H and O–H groups in total. The lowest BCUT2D eigenvalue weighted by Gasteiger charge is -2.31. The molecule has 0 aliphatic carbocycles. The Labute approximate surface area is 121 Å². The summed E-state index contributed by atoms with van der Waals surface area (Å²) in [4.78, 5) is 2.29. The molecule has 1 saturated heterocycles. The van der Waals surface area contributed by atoms with Crippen LogP contribution in [0.3, 0.4) is 0 Å². The number of piperidine rings is 1. The average molecular weight is 276 g/mol. The van der Waals surface area contributed by atoms with Gasteiger partial charge in [-0.15, -0.1) is 0 Å². The summed E-state index contributed by atoms with van der Waals surface area (Å²) in [7, 11) is 1.72. The number of benzene rings is 1. The molecule has 1 aliphatic rings. The second kappa shape index (κ2) is 5.73. The predicted molar refractivity (Wildman–Crippen MR) is 82.4 cm³/mol. The van der Waals surface area contributed by atoms with Crippen LogP contribution < -0.4 is 9.64 Å². The molecule has 1 fully saturated rings. The van der Waals surface area contributed by atoms with Crippen molar-refractivity contribution >= 4 is 11.4 Å². The van der Waals surface area contributed by atoms with Crippen LogP contribution in [0.15, 0.2) is 23.4 Å². The van der Waals surface area contributed by atoms with E-state index in [0.29, 0.717) is 0 Å². The van der Waals surface area contributed by atoms with Crippen molar-refractivity contribution in [2.45, 2.75) is 39.0 Å². The number of hydrogen-bond acceptors (Lipinski definition) is 4. The molecule has 0 amide bonds. The van der Waals surface area contributed by atoms with Crippen LogP contribution in [0.4, 0.5) is 5.69 Å². The van der Waals surface area contributed by atoms with E-state index < -0.39 is 0 Å². The van der Waals surface area contributed by atoms with E-state index in [1.165, 1.54) is 5.56 Å². The molecule has 4 heteroatoms. The molecule has 0 unspecified atom stereocenters. The van der Waals surface area contributed by atoms with Crippen molar-refractivity contribution in [2.75, 3.05) is 25.1 Å². The van der Waals surface area contributed by atoms with Crippen molar-refractivity contribution in [3.63, 3.8) is 0 Å². The van der Waals surface area contributed by atoms with Gasteiger partial charge in [-0.1, -0.05) is 32.0 Å². The van der Waals surface area contributed by atoms with Gasteiger partial charge in [0.25, 0.3) is 0 Å². The largest absolute Gasteiger partial charge is 0.495 e. The van der Waals surface area contributed by atoms with E-state index in [1.54, 1.807) is 7.11 Å². The standard InChI is InChI=1S/C16H24N2O2/c1-16(2,3)12-5-6-14(15(11-12)20-4)18-9-7-13(17-19)8-10-18/h5-6,11,19H,7-10H2,1-4H3. The first-order valence-corrected chi connectivity index (χ1v) is 7.09. The highest BCUT2D eigenvalue weighted by Crippen LogP contribution is 2.34. The van der Waals surface area contributed by atoms with Crippen molar-refractivity contribution in [1.29, 1.82) is 0 Å². The Morgan fingerprint density at radius 2 is 1.85 bits per heavy atom. The first-order valence-electron chi connectivity index (χ1n) is 7.09. The Balaban J connectivity index is 2.24. The second-order valence-corrected chi connectivity index (χ2v) is 6.29. The first kappa shape index (κ1) is 14.7. The minimum absolute atomic E-state index is 0.115. The molecule has 0 radical (unpaired) electrons. The summed E-state index contributed by atoms with van der Waals surface area (Å²) >= 11 is 0. The maximum atomic E-state index is 8.82. The van der Waals surface area contributed by atoms with Crippen molar-refractivity contribution in [3.8, 4) is 5.75 Å². The topological polar surface area (TPSA) is 45.1 Å². The molecule has 1 heterocycles. The molecular weight excluding hydrogens is 252 g/mol. The van der Waals surface area contributed by atoms with E-state index >= 15 is 0 Å². The zero-order chi connectivity index (χ0) is 14.8. The normalized spacial score (nSPS) is 16.2. The lowest BCUT2D eigenvalue weighted by Crippen LogP contribution is -2.34. The fraction of sp³-hybridized carbons (Fsp3) is 0.562. The van der Waals surface area contributed by atoms with E-state index in [9.17, 15) is 0 Å². The van der Waals surface area contributed by atoms with Crippen LogP contribution in [0.2, 0.25) is 0 Å². The minimum atomic E-state index is 0.115. The quantitative estimate of drug-likeness (QED) is 0.665. The van der Waals surface area contributed by atoms with Gasteiger partial charge >= 0.3 is 0 Å². The summed E-state index contributed by atoms with van der Waals surface area (Å²) < 4.78 is 5.57. The monoisotopic (exact) mass is 276 g/mol. The van der Waals surface area contributed by atoms with E-state index in [2.05, 4.69) is 49.0 Å². The molecule has 4 nitrogen and oxygen atoms in total. The third kappa shape index (κ3) is 3.06. The van der Waals surface area contributed by atoms with Crippen LogP contribution in [0.25, 0.3) is 0 Å². The molecule has 0 aromatic heterocycles. The molecule has 1 aromatic rings. The highest BCUT2D eigenvalue weighted by atomic mass is 16.5. The molecule has 1 aliphatic heterocycles. The molecule has 0 bridgehead atoms. The van der Waals surface area contributed by atoms with Gasteiger partial charge < -0.3 is 14.8 Å². The van der Waals surface area contributed by atoms with Gasteiger partial charge in [0.05, 0.1) is 18.5 Å². The molecule has 0 atom stereocenters. The Hall–Kier alpha value is -1.71. The number of hydrogen-bond donors (Lipinski definition) is 1. The molecule has 110 valence electrons. The van der Waals surface area contributed by atoms with Gasteiger partial charge in [-0.3, -0.25) is 0 Å².